The summed E-state index contributed by atoms with van der Waals surface area (Å²) in [5.41, 5.74) is 0. The molecule has 0 aromatic heterocycles. The third kappa shape index (κ3) is 3.76. The van der Waals surface area contributed by atoms with E-state index in [-0.39, 0.29) is 0 Å². The molecule has 1 saturated heterocycles. The number of nitrogens with one attached hydrogen (secondary N) is 1. The van der Waals surface area contributed by atoms with Gasteiger partial charge in [0, 0.05) is 25.2 Å². The average molecular weight is 212 g/mol. The predicted molar refractivity (Wildman–Crippen MR) is 67.2 cm³/mol. The molecule has 1 aliphatic heterocycles. The maximum absolute atomic E-state index is 3.63. The molecule has 0 amide bonds. The molecule has 1 heterocycles. The Labute approximate surface area is 95.4 Å². The highest BCUT2D eigenvalue weighted by Gasteiger charge is 2.27. The minimum absolute atomic E-state index is 0.747. The molecular formula is C13H28N2. The Bertz CT molecular complexity index is 170. The maximum atomic E-state index is 3.63. The van der Waals surface area contributed by atoms with Gasteiger partial charge < -0.3 is 5.32 Å². The minimum Gasteiger partial charge on any atom is -0.313 e. The van der Waals surface area contributed by atoms with Gasteiger partial charge in [0.2, 0.25) is 0 Å². The quantitative estimate of drug-likeness (QED) is 0.728. The van der Waals surface area contributed by atoms with Gasteiger partial charge >= 0.3 is 0 Å². The molecule has 0 saturated carbocycles. The molecule has 15 heavy (non-hydrogen) atoms. The molecule has 90 valence electrons. The van der Waals surface area contributed by atoms with Crippen LogP contribution in [0.15, 0.2) is 0 Å². The molecule has 0 spiro atoms. The van der Waals surface area contributed by atoms with Crippen molar-refractivity contribution in [2.75, 3.05) is 19.6 Å². The smallest absolute Gasteiger partial charge is 0.0207 e. The summed E-state index contributed by atoms with van der Waals surface area (Å²) in [6.45, 7) is 13.0. The number of nitrogens with zero attached hydrogens (tertiary/aromatic N) is 1. The molecule has 0 radical (unpaired) electrons. The summed E-state index contributed by atoms with van der Waals surface area (Å²) in [5, 5.41) is 3.63. The second-order valence-electron chi connectivity index (χ2n) is 5.06. The third-order valence-electron chi connectivity index (χ3n) is 3.95. The van der Waals surface area contributed by atoms with Crippen LogP contribution in [-0.4, -0.2) is 36.6 Å². The Morgan fingerprint density at radius 2 is 2.07 bits per heavy atom. The summed E-state index contributed by atoms with van der Waals surface area (Å²) in [4.78, 5) is 2.65. The largest absolute Gasteiger partial charge is 0.313 e. The van der Waals surface area contributed by atoms with Crippen LogP contribution >= 0.6 is 0 Å². The van der Waals surface area contributed by atoms with Crippen LogP contribution in [0.2, 0.25) is 0 Å². The lowest BCUT2D eigenvalue weighted by Gasteiger charge is -2.29. The highest BCUT2D eigenvalue weighted by atomic mass is 15.2. The lowest BCUT2D eigenvalue weighted by atomic mass is 10.00. The Hall–Kier alpha value is -0.0800. The van der Waals surface area contributed by atoms with Crippen molar-refractivity contribution < 1.29 is 0 Å². The molecule has 0 bridgehead atoms. The first-order valence-electron chi connectivity index (χ1n) is 6.66. The first-order valence-corrected chi connectivity index (χ1v) is 6.66. The SMILES string of the molecule is CCCNC1CCN(C(C)C(C)CC)C1. The maximum Gasteiger partial charge on any atom is 0.0207 e. The monoisotopic (exact) mass is 212 g/mol. The van der Waals surface area contributed by atoms with Gasteiger partial charge in [0.25, 0.3) is 0 Å². The molecule has 1 aliphatic rings. The van der Waals surface area contributed by atoms with Gasteiger partial charge in [-0.3, -0.25) is 4.90 Å². The van der Waals surface area contributed by atoms with Crippen LogP contribution < -0.4 is 5.32 Å². The normalized spacial score (nSPS) is 26.8. The zero-order valence-electron chi connectivity index (χ0n) is 10.9. The summed E-state index contributed by atoms with van der Waals surface area (Å²) >= 11 is 0. The molecule has 0 aromatic rings. The van der Waals surface area contributed by atoms with Gasteiger partial charge in [0.1, 0.15) is 0 Å². The zero-order chi connectivity index (χ0) is 11.3. The summed E-state index contributed by atoms with van der Waals surface area (Å²) in [5.74, 6) is 0.829. The van der Waals surface area contributed by atoms with Crippen LogP contribution in [0.1, 0.15) is 47.0 Å². The summed E-state index contributed by atoms with van der Waals surface area (Å²) in [6, 6.07) is 1.50. The van der Waals surface area contributed by atoms with Gasteiger partial charge in [-0.05, 0) is 32.2 Å². The molecule has 3 atom stereocenters. The van der Waals surface area contributed by atoms with Crippen molar-refractivity contribution >= 4 is 0 Å². The fourth-order valence-corrected chi connectivity index (χ4v) is 2.37. The lowest BCUT2D eigenvalue weighted by molar-refractivity contribution is 0.191. The van der Waals surface area contributed by atoms with Crippen molar-refractivity contribution in [3.63, 3.8) is 0 Å². The molecule has 3 unspecified atom stereocenters. The number of hydrogen-bond donors (Lipinski definition) is 1. The Morgan fingerprint density at radius 3 is 2.67 bits per heavy atom. The van der Waals surface area contributed by atoms with E-state index in [1.807, 2.05) is 0 Å². The Kier molecular flexibility index (Phi) is 5.62. The van der Waals surface area contributed by atoms with Crippen molar-refractivity contribution in [3.05, 3.63) is 0 Å². The van der Waals surface area contributed by atoms with E-state index in [9.17, 15) is 0 Å². The predicted octanol–water partition coefficient (Wildman–Crippen LogP) is 2.49. The summed E-state index contributed by atoms with van der Waals surface area (Å²) < 4.78 is 0. The van der Waals surface area contributed by atoms with Crippen molar-refractivity contribution in [1.29, 1.82) is 0 Å². The lowest BCUT2D eigenvalue weighted by Crippen LogP contribution is -2.39. The van der Waals surface area contributed by atoms with E-state index in [0.717, 1.165) is 18.0 Å². The van der Waals surface area contributed by atoms with Gasteiger partial charge in [-0.1, -0.05) is 27.2 Å². The van der Waals surface area contributed by atoms with E-state index in [1.165, 1.54) is 38.9 Å². The molecule has 0 aromatic carbocycles. The fraction of sp³-hybridized carbons (Fsp3) is 1.00. The summed E-state index contributed by atoms with van der Waals surface area (Å²) in [6.07, 6.45) is 3.88. The van der Waals surface area contributed by atoms with E-state index in [1.54, 1.807) is 0 Å². The fourth-order valence-electron chi connectivity index (χ4n) is 2.37. The summed E-state index contributed by atoms with van der Waals surface area (Å²) in [7, 11) is 0. The first-order chi connectivity index (χ1) is 7.19. The zero-order valence-corrected chi connectivity index (χ0v) is 10.9. The van der Waals surface area contributed by atoms with Crippen LogP contribution in [-0.2, 0) is 0 Å². The highest BCUT2D eigenvalue weighted by Crippen LogP contribution is 2.19. The van der Waals surface area contributed by atoms with Crippen LogP contribution in [0.3, 0.4) is 0 Å². The number of hydrogen-bond acceptors (Lipinski definition) is 2. The number of likely N-dealkylation sites (tertiary alicyclic amines) is 1. The third-order valence-corrected chi connectivity index (χ3v) is 3.95. The molecule has 1 fully saturated rings. The van der Waals surface area contributed by atoms with Gasteiger partial charge in [0.15, 0.2) is 0 Å². The second kappa shape index (κ2) is 6.49. The van der Waals surface area contributed by atoms with Gasteiger partial charge in [0.05, 0.1) is 0 Å². The molecule has 2 nitrogen and oxygen atoms in total. The highest BCUT2D eigenvalue weighted by molar-refractivity contribution is 4.85. The first kappa shape index (κ1) is 13.0. The molecular weight excluding hydrogens is 184 g/mol. The van der Waals surface area contributed by atoms with Crippen molar-refractivity contribution in [3.8, 4) is 0 Å². The van der Waals surface area contributed by atoms with Crippen LogP contribution in [0.4, 0.5) is 0 Å². The van der Waals surface area contributed by atoms with Crippen molar-refractivity contribution in [2.24, 2.45) is 5.92 Å². The van der Waals surface area contributed by atoms with Crippen molar-refractivity contribution in [1.82, 2.24) is 10.2 Å². The van der Waals surface area contributed by atoms with Crippen LogP contribution in [0, 0.1) is 5.92 Å². The van der Waals surface area contributed by atoms with Crippen molar-refractivity contribution in [2.45, 2.75) is 59.0 Å². The van der Waals surface area contributed by atoms with Gasteiger partial charge in [-0.2, -0.15) is 0 Å². The van der Waals surface area contributed by atoms with E-state index in [2.05, 4.69) is 37.9 Å². The minimum atomic E-state index is 0.747. The van der Waals surface area contributed by atoms with E-state index in [4.69, 9.17) is 0 Å². The van der Waals surface area contributed by atoms with Gasteiger partial charge in [-0.25, -0.2) is 0 Å². The molecule has 1 rings (SSSR count). The average Bonchev–Trinajstić information content (AvgIpc) is 2.72. The van der Waals surface area contributed by atoms with E-state index in [0.29, 0.717) is 0 Å². The number of rotatable bonds is 6. The topological polar surface area (TPSA) is 15.3 Å². The standard InChI is InChI=1S/C13H28N2/c1-5-8-14-13-7-9-15(10-13)12(4)11(3)6-2/h11-14H,5-10H2,1-4H3. The van der Waals surface area contributed by atoms with E-state index < -0.39 is 0 Å². The Morgan fingerprint density at radius 1 is 1.33 bits per heavy atom. The molecule has 1 N–H and O–H groups in total. The molecule has 0 aliphatic carbocycles. The Balaban J connectivity index is 2.28. The molecule has 2 heteroatoms. The van der Waals surface area contributed by atoms with Crippen LogP contribution in [0.5, 0.6) is 0 Å². The van der Waals surface area contributed by atoms with Crippen LogP contribution in [0.25, 0.3) is 0 Å². The second-order valence-corrected chi connectivity index (χ2v) is 5.06. The van der Waals surface area contributed by atoms with Gasteiger partial charge in [-0.15, -0.1) is 0 Å². The van der Waals surface area contributed by atoms with E-state index >= 15 is 0 Å².